The van der Waals surface area contributed by atoms with Crippen LogP contribution < -0.4 is 4.74 Å². The van der Waals surface area contributed by atoms with Crippen LogP contribution in [0.1, 0.15) is 37.0 Å². The highest BCUT2D eigenvalue weighted by molar-refractivity contribution is 6.31. The number of piperazine rings is 1. The monoisotopic (exact) mass is 393 g/mol. The molecule has 2 aliphatic heterocycles. The molecule has 27 heavy (non-hydrogen) atoms. The Labute approximate surface area is 166 Å². The quantitative estimate of drug-likeness (QED) is 0.788. The van der Waals surface area contributed by atoms with Crippen molar-refractivity contribution in [2.24, 2.45) is 0 Å². The van der Waals surface area contributed by atoms with Gasteiger partial charge in [-0.2, -0.15) is 0 Å². The third-order valence-electron chi connectivity index (χ3n) is 5.55. The molecule has 3 rings (SSSR count). The van der Waals surface area contributed by atoms with Crippen LogP contribution in [0.15, 0.2) is 18.2 Å². The van der Waals surface area contributed by atoms with E-state index < -0.39 is 6.04 Å². The van der Waals surface area contributed by atoms with Crippen LogP contribution >= 0.6 is 11.6 Å². The zero-order valence-electron chi connectivity index (χ0n) is 16.3. The second-order valence-corrected chi connectivity index (χ2v) is 7.89. The normalized spacial score (nSPS) is 21.0. The molecule has 2 heterocycles. The number of rotatable bonds is 4. The number of hydrogen-bond donors (Lipinski definition) is 0. The van der Waals surface area contributed by atoms with Crippen molar-refractivity contribution in [1.29, 1.82) is 0 Å². The van der Waals surface area contributed by atoms with Crippen molar-refractivity contribution < 1.29 is 14.3 Å². The predicted molar refractivity (Wildman–Crippen MR) is 105 cm³/mol. The van der Waals surface area contributed by atoms with Gasteiger partial charge in [-0.3, -0.25) is 14.5 Å². The molecule has 0 radical (unpaired) electrons. The van der Waals surface area contributed by atoms with Gasteiger partial charge < -0.3 is 14.5 Å². The van der Waals surface area contributed by atoms with Gasteiger partial charge in [0.2, 0.25) is 5.91 Å². The summed E-state index contributed by atoms with van der Waals surface area (Å²) >= 11 is 6.08. The van der Waals surface area contributed by atoms with Crippen LogP contribution in [-0.2, 0) is 4.79 Å². The first-order chi connectivity index (χ1) is 12.9. The van der Waals surface area contributed by atoms with Gasteiger partial charge in [-0.15, -0.1) is 0 Å². The Hall–Kier alpha value is -1.79. The van der Waals surface area contributed by atoms with Crippen molar-refractivity contribution in [3.8, 4) is 5.75 Å². The fraction of sp³-hybridized carbons (Fsp3) is 0.600. The van der Waals surface area contributed by atoms with Gasteiger partial charge in [0, 0.05) is 43.8 Å². The molecular formula is C20H28ClN3O3. The molecule has 0 aromatic heterocycles. The topological polar surface area (TPSA) is 53.1 Å². The van der Waals surface area contributed by atoms with Crippen molar-refractivity contribution >= 4 is 23.4 Å². The van der Waals surface area contributed by atoms with Crippen LogP contribution in [0, 0.1) is 0 Å². The summed E-state index contributed by atoms with van der Waals surface area (Å²) in [6.45, 7) is 8.13. The summed E-state index contributed by atoms with van der Waals surface area (Å²) in [5, 5.41) is 0.478. The van der Waals surface area contributed by atoms with Gasteiger partial charge >= 0.3 is 0 Å². The second-order valence-electron chi connectivity index (χ2n) is 7.46. The van der Waals surface area contributed by atoms with Gasteiger partial charge in [-0.25, -0.2) is 0 Å². The number of methoxy groups -OCH3 is 1. The Morgan fingerprint density at radius 3 is 2.48 bits per heavy atom. The Kier molecular flexibility index (Phi) is 6.27. The summed E-state index contributed by atoms with van der Waals surface area (Å²) in [4.78, 5) is 32.2. The Bertz CT molecular complexity index is 702. The maximum atomic E-state index is 13.1. The van der Waals surface area contributed by atoms with E-state index in [1.807, 2.05) is 4.90 Å². The number of benzene rings is 1. The van der Waals surface area contributed by atoms with Crippen LogP contribution in [0.25, 0.3) is 0 Å². The van der Waals surface area contributed by atoms with E-state index in [1.165, 1.54) is 7.11 Å². The van der Waals surface area contributed by atoms with Crippen molar-refractivity contribution in [2.75, 3.05) is 39.8 Å². The summed E-state index contributed by atoms with van der Waals surface area (Å²) < 4.78 is 5.32. The van der Waals surface area contributed by atoms with E-state index >= 15 is 0 Å². The molecule has 0 spiro atoms. The lowest BCUT2D eigenvalue weighted by atomic mass is 10.1. The zero-order chi connectivity index (χ0) is 19.6. The van der Waals surface area contributed by atoms with Gasteiger partial charge in [0.15, 0.2) is 0 Å². The average Bonchev–Trinajstić information content (AvgIpc) is 3.16. The first-order valence-electron chi connectivity index (χ1n) is 9.59. The van der Waals surface area contributed by atoms with Crippen LogP contribution in [0.3, 0.4) is 0 Å². The van der Waals surface area contributed by atoms with Crippen molar-refractivity contribution in [3.05, 3.63) is 28.8 Å². The first-order valence-corrected chi connectivity index (χ1v) is 9.97. The molecule has 7 heteroatoms. The van der Waals surface area contributed by atoms with E-state index in [0.717, 1.165) is 32.6 Å². The summed E-state index contributed by atoms with van der Waals surface area (Å²) in [6.07, 6.45) is 1.54. The summed E-state index contributed by atoms with van der Waals surface area (Å²) in [6, 6.07) is 5.09. The maximum Gasteiger partial charge on any atom is 0.258 e. The third kappa shape index (κ3) is 4.22. The number of amides is 2. The minimum atomic E-state index is -0.396. The van der Waals surface area contributed by atoms with E-state index in [0.29, 0.717) is 35.3 Å². The van der Waals surface area contributed by atoms with Crippen molar-refractivity contribution in [3.63, 3.8) is 0 Å². The number of nitrogens with zero attached hydrogens (tertiary/aromatic N) is 3. The van der Waals surface area contributed by atoms with Gasteiger partial charge in [-0.1, -0.05) is 11.6 Å². The minimum Gasteiger partial charge on any atom is -0.496 e. The predicted octanol–water partition coefficient (Wildman–Crippen LogP) is 2.51. The van der Waals surface area contributed by atoms with Gasteiger partial charge in [-0.05, 0) is 44.9 Å². The van der Waals surface area contributed by atoms with Gasteiger partial charge in [0.25, 0.3) is 5.91 Å². The molecule has 6 nitrogen and oxygen atoms in total. The summed E-state index contributed by atoms with van der Waals surface area (Å²) in [7, 11) is 1.53. The SMILES string of the molecule is COc1ccc(Cl)cc1C(=O)N1CCC[C@H]1C(=O)N1CCN(C(C)C)CC1. The van der Waals surface area contributed by atoms with Crippen LogP contribution in [-0.4, -0.2) is 78.4 Å². The number of halogens is 1. The van der Waals surface area contributed by atoms with Gasteiger partial charge in [0.1, 0.15) is 11.8 Å². The smallest absolute Gasteiger partial charge is 0.258 e. The molecule has 1 atom stereocenters. The molecule has 0 N–H and O–H groups in total. The molecule has 0 unspecified atom stereocenters. The molecule has 1 aromatic carbocycles. The van der Waals surface area contributed by atoms with E-state index in [9.17, 15) is 9.59 Å². The van der Waals surface area contributed by atoms with E-state index in [1.54, 1.807) is 23.1 Å². The zero-order valence-corrected chi connectivity index (χ0v) is 17.0. The molecule has 0 bridgehead atoms. The van der Waals surface area contributed by atoms with E-state index in [-0.39, 0.29) is 11.8 Å². The molecular weight excluding hydrogens is 366 g/mol. The van der Waals surface area contributed by atoms with E-state index in [2.05, 4.69) is 18.7 Å². The molecule has 148 valence electrons. The molecule has 0 saturated carbocycles. The lowest BCUT2D eigenvalue weighted by Crippen LogP contribution is -2.55. The highest BCUT2D eigenvalue weighted by Crippen LogP contribution is 2.28. The Morgan fingerprint density at radius 1 is 1.15 bits per heavy atom. The summed E-state index contributed by atoms with van der Waals surface area (Å²) in [5.41, 5.74) is 0.411. The number of carbonyl (C=O) groups is 2. The molecule has 1 aromatic rings. The largest absolute Gasteiger partial charge is 0.496 e. The Balaban J connectivity index is 1.73. The summed E-state index contributed by atoms with van der Waals surface area (Å²) in [5.74, 6) is 0.351. The van der Waals surface area contributed by atoms with Crippen LogP contribution in [0.5, 0.6) is 5.75 Å². The molecule has 0 aliphatic carbocycles. The third-order valence-corrected chi connectivity index (χ3v) is 5.78. The highest BCUT2D eigenvalue weighted by Gasteiger charge is 2.38. The molecule has 2 fully saturated rings. The van der Waals surface area contributed by atoms with E-state index in [4.69, 9.17) is 16.3 Å². The molecule has 2 amide bonds. The number of carbonyl (C=O) groups excluding carboxylic acids is 2. The Morgan fingerprint density at radius 2 is 1.85 bits per heavy atom. The standard InChI is InChI=1S/C20H28ClN3O3/c1-14(2)22-9-11-23(12-10-22)20(26)17-5-4-8-24(17)19(25)16-13-15(21)6-7-18(16)27-3/h6-7,13-14,17H,4-5,8-12H2,1-3H3/t17-/m0/s1. The van der Waals surface area contributed by atoms with Crippen LogP contribution in [0.4, 0.5) is 0 Å². The fourth-order valence-corrected chi connectivity index (χ4v) is 4.11. The highest BCUT2D eigenvalue weighted by atomic mass is 35.5. The molecule has 2 aliphatic rings. The van der Waals surface area contributed by atoms with Crippen molar-refractivity contribution in [2.45, 2.75) is 38.8 Å². The van der Waals surface area contributed by atoms with Gasteiger partial charge in [0.05, 0.1) is 12.7 Å². The lowest BCUT2D eigenvalue weighted by molar-refractivity contribution is -0.137. The lowest BCUT2D eigenvalue weighted by Gasteiger charge is -2.39. The number of likely N-dealkylation sites (tertiary alicyclic amines) is 1. The number of hydrogen-bond acceptors (Lipinski definition) is 4. The number of ether oxygens (including phenoxy) is 1. The first kappa shape index (κ1) is 20.0. The maximum absolute atomic E-state index is 13.1. The average molecular weight is 394 g/mol. The van der Waals surface area contributed by atoms with Crippen LogP contribution in [0.2, 0.25) is 5.02 Å². The molecule has 2 saturated heterocycles. The van der Waals surface area contributed by atoms with Crippen molar-refractivity contribution in [1.82, 2.24) is 14.7 Å². The fourth-order valence-electron chi connectivity index (χ4n) is 3.94. The minimum absolute atomic E-state index is 0.0604. The second kappa shape index (κ2) is 8.48.